The van der Waals surface area contributed by atoms with Gasteiger partial charge in [0.1, 0.15) is 11.9 Å². The highest BCUT2D eigenvalue weighted by atomic mass is 32.2. The largest absolute Gasteiger partial charge is 0.347 e. The second-order valence-corrected chi connectivity index (χ2v) is 6.65. The molecule has 22 heavy (non-hydrogen) atoms. The maximum atomic E-state index is 12.5. The molecular weight excluding hydrogens is 306 g/mol. The number of hydrogen-bond acceptors (Lipinski definition) is 5. The topological polar surface area (TPSA) is 111 Å². The van der Waals surface area contributed by atoms with E-state index in [1.54, 1.807) is 16.7 Å². The number of H-pyrrole nitrogens is 2. The monoisotopic (exact) mass is 325 g/mol. The van der Waals surface area contributed by atoms with E-state index in [4.69, 9.17) is 0 Å². The molecule has 1 saturated carbocycles. The Hall–Kier alpha value is -1.77. The van der Waals surface area contributed by atoms with E-state index >= 15 is 0 Å². The molecule has 120 valence electrons. The van der Waals surface area contributed by atoms with E-state index in [1.807, 2.05) is 0 Å². The molecule has 1 aromatic rings. The summed E-state index contributed by atoms with van der Waals surface area (Å²) >= 11 is 1.60. The Balaban J connectivity index is 1.58. The van der Waals surface area contributed by atoms with Crippen LogP contribution in [0.4, 0.5) is 0 Å². The van der Waals surface area contributed by atoms with Crippen LogP contribution in [0.3, 0.4) is 0 Å². The standard InChI is InChI=1S/C13H19N5O3S/c19-11(14-5-10-15-13(21)17-16-10)9-6-22-7-18(9)12(20)8-3-1-2-4-8/h8-9H,1-7H2,(H,14,19)(H2,15,16,17,21). The fourth-order valence-corrected chi connectivity index (χ4v) is 4.13. The van der Waals surface area contributed by atoms with Crippen LogP contribution >= 0.6 is 11.8 Å². The molecule has 3 N–H and O–H groups in total. The molecule has 1 atom stereocenters. The van der Waals surface area contributed by atoms with Crippen LogP contribution < -0.4 is 11.0 Å². The number of carbonyl (C=O) groups is 2. The molecule has 0 bridgehead atoms. The normalized spacial score (nSPS) is 22.2. The summed E-state index contributed by atoms with van der Waals surface area (Å²) in [4.78, 5) is 39.9. The van der Waals surface area contributed by atoms with Gasteiger partial charge in [0.25, 0.3) is 0 Å². The van der Waals surface area contributed by atoms with Crippen LogP contribution in [0.1, 0.15) is 31.5 Å². The quantitative estimate of drug-likeness (QED) is 0.710. The van der Waals surface area contributed by atoms with Gasteiger partial charge in [0.05, 0.1) is 12.4 Å². The molecule has 2 fully saturated rings. The summed E-state index contributed by atoms with van der Waals surface area (Å²) in [6, 6.07) is -0.427. The van der Waals surface area contributed by atoms with Crippen LogP contribution in [-0.2, 0) is 16.1 Å². The summed E-state index contributed by atoms with van der Waals surface area (Å²) in [7, 11) is 0. The van der Waals surface area contributed by atoms with Crippen LogP contribution in [0.5, 0.6) is 0 Å². The van der Waals surface area contributed by atoms with Gasteiger partial charge in [0.2, 0.25) is 11.8 Å². The third-order valence-corrected chi connectivity index (χ3v) is 5.16. The minimum atomic E-state index is -0.427. The smallest absolute Gasteiger partial charge is 0.340 e. The van der Waals surface area contributed by atoms with Gasteiger partial charge in [-0.15, -0.1) is 11.8 Å². The van der Waals surface area contributed by atoms with Gasteiger partial charge in [0, 0.05) is 11.7 Å². The van der Waals surface area contributed by atoms with Gasteiger partial charge in [-0.3, -0.25) is 14.6 Å². The minimum absolute atomic E-state index is 0.0803. The van der Waals surface area contributed by atoms with Gasteiger partial charge in [-0.25, -0.2) is 9.89 Å². The number of aromatic nitrogens is 3. The molecule has 8 nitrogen and oxygen atoms in total. The molecule has 1 aromatic heterocycles. The van der Waals surface area contributed by atoms with Gasteiger partial charge in [-0.05, 0) is 12.8 Å². The molecule has 0 radical (unpaired) electrons. The van der Waals surface area contributed by atoms with Crippen LogP contribution in [0, 0.1) is 5.92 Å². The first-order valence-corrected chi connectivity index (χ1v) is 8.60. The molecule has 1 saturated heterocycles. The number of nitrogens with one attached hydrogen (secondary N) is 3. The molecule has 0 aromatic carbocycles. The third kappa shape index (κ3) is 3.18. The lowest BCUT2D eigenvalue weighted by molar-refractivity contribution is -0.141. The van der Waals surface area contributed by atoms with Crippen molar-refractivity contribution in [1.29, 1.82) is 0 Å². The first-order chi connectivity index (χ1) is 10.6. The summed E-state index contributed by atoms with van der Waals surface area (Å²) in [5, 5.41) is 8.71. The number of rotatable bonds is 4. The van der Waals surface area contributed by atoms with E-state index in [1.165, 1.54) is 0 Å². The summed E-state index contributed by atoms with van der Waals surface area (Å²) in [5.41, 5.74) is -0.404. The van der Waals surface area contributed by atoms with Gasteiger partial charge in [-0.2, -0.15) is 5.10 Å². The number of carbonyl (C=O) groups excluding carboxylic acids is 2. The number of thioether (sulfide) groups is 1. The molecular formula is C13H19N5O3S. The predicted molar refractivity (Wildman–Crippen MR) is 81.0 cm³/mol. The number of hydrogen-bond donors (Lipinski definition) is 3. The Bertz CT molecular complexity index is 607. The minimum Gasteiger partial charge on any atom is -0.347 e. The van der Waals surface area contributed by atoms with E-state index in [0.29, 0.717) is 17.5 Å². The highest BCUT2D eigenvalue weighted by molar-refractivity contribution is 7.99. The zero-order chi connectivity index (χ0) is 15.5. The van der Waals surface area contributed by atoms with Crippen LogP contribution in [0.25, 0.3) is 0 Å². The molecule has 1 unspecified atom stereocenters. The second kappa shape index (κ2) is 6.55. The predicted octanol–water partition coefficient (Wildman–Crippen LogP) is -0.194. The van der Waals surface area contributed by atoms with E-state index in [2.05, 4.69) is 20.5 Å². The van der Waals surface area contributed by atoms with Crippen molar-refractivity contribution in [2.45, 2.75) is 38.3 Å². The lowest BCUT2D eigenvalue weighted by Crippen LogP contribution is -2.48. The van der Waals surface area contributed by atoms with Crippen LogP contribution in [0.15, 0.2) is 4.79 Å². The first-order valence-electron chi connectivity index (χ1n) is 7.44. The second-order valence-electron chi connectivity index (χ2n) is 5.65. The van der Waals surface area contributed by atoms with Crippen LogP contribution in [0.2, 0.25) is 0 Å². The molecule has 2 amide bonds. The SMILES string of the molecule is O=C(NCc1n[nH]c(=O)[nH]1)C1CSCN1C(=O)C1CCCC1. The average molecular weight is 325 g/mol. The Kier molecular flexibility index (Phi) is 4.51. The Morgan fingerprint density at radius 3 is 2.82 bits per heavy atom. The van der Waals surface area contributed by atoms with Crippen molar-refractivity contribution in [3.8, 4) is 0 Å². The maximum absolute atomic E-state index is 12.5. The van der Waals surface area contributed by atoms with Crippen molar-refractivity contribution >= 4 is 23.6 Å². The Morgan fingerprint density at radius 1 is 1.36 bits per heavy atom. The van der Waals surface area contributed by atoms with Gasteiger partial charge >= 0.3 is 5.69 Å². The summed E-state index contributed by atoms with van der Waals surface area (Å²) in [6.07, 6.45) is 4.06. The molecule has 2 heterocycles. The van der Waals surface area contributed by atoms with E-state index in [-0.39, 0.29) is 24.3 Å². The third-order valence-electron chi connectivity index (χ3n) is 4.15. The van der Waals surface area contributed by atoms with E-state index < -0.39 is 11.7 Å². The lowest BCUT2D eigenvalue weighted by Gasteiger charge is -2.25. The number of nitrogens with zero attached hydrogens (tertiary/aromatic N) is 2. The summed E-state index contributed by atoms with van der Waals surface area (Å²) < 4.78 is 0. The lowest BCUT2D eigenvalue weighted by atomic mass is 10.1. The molecule has 0 spiro atoms. The highest BCUT2D eigenvalue weighted by Crippen LogP contribution is 2.30. The van der Waals surface area contributed by atoms with E-state index in [9.17, 15) is 14.4 Å². The highest BCUT2D eigenvalue weighted by Gasteiger charge is 2.38. The van der Waals surface area contributed by atoms with Gasteiger partial charge in [-0.1, -0.05) is 12.8 Å². The zero-order valence-electron chi connectivity index (χ0n) is 12.1. The fraction of sp³-hybridized carbons (Fsp3) is 0.692. The zero-order valence-corrected chi connectivity index (χ0v) is 12.9. The maximum Gasteiger partial charge on any atom is 0.340 e. The van der Waals surface area contributed by atoms with Gasteiger partial charge in [0.15, 0.2) is 0 Å². The van der Waals surface area contributed by atoms with Crippen molar-refractivity contribution < 1.29 is 9.59 Å². The van der Waals surface area contributed by atoms with Crippen molar-refractivity contribution in [1.82, 2.24) is 25.4 Å². The molecule has 9 heteroatoms. The fourth-order valence-electron chi connectivity index (χ4n) is 2.96. The van der Waals surface area contributed by atoms with Gasteiger partial charge < -0.3 is 10.2 Å². The number of amides is 2. The summed E-state index contributed by atoms with van der Waals surface area (Å²) in [5.74, 6) is 1.55. The van der Waals surface area contributed by atoms with Crippen molar-refractivity contribution in [2.75, 3.05) is 11.6 Å². The number of aromatic amines is 2. The van der Waals surface area contributed by atoms with Crippen molar-refractivity contribution in [3.05, 3.63) is 16.3 Å². The van der Waals surface area contributed by atoms with Crippen LogP contribution in [-0.4, -0.2) is 49.6 Å². The molecule has 1 aliphatic heterocycles. The molecule has 1 aliphatic carbocycles. The molecule has 3 rings (SSSR count). The Labute approximate surface area is 131 Å². The summed E-state index contributed by atoms with van der Waals surface area (Å²) in [6.45, 7) is 0.143. The van der Waals surface area contributed by atoms with Crippen molar-refractivity contribution in [3.63, 3.8) is 0 Å². The van der Waals surface area contributed by atoms with Crippen molar-refractivity contribution in [2.24, 2.45) is 5.92 Å². The van der Waals surface area contributed by atoms with E-state index in [0.717, 1.165) is 25.7 Å². The average Bonchev–Trinajstić information content (AvgIpc) is 3.25. The molecule has 2 aliphatic rings. The first kappa shape index (κ1) is 15.1. The Morgan fingerprint density at radius 2 is 2.14 bits per heavy atom.